The SMILES string of the molecule is CCC[P+](C)(CCC)CCC.[Br-]. The van der Waals surface area contributed by atoms with Crippen molar-refractivity contribution in [3.8, 4) is 0 Å². The maximum atomic E-state index is 2.56. The topological polar surface area (TPSA) is 0 Å². The molecule has 2 heteroatoms. The average molecular weight is 255 g/mol. The molecule has 0 N–H and O–H groups in total. The van der Waals surface area contributed by atoms with Crippen LogP contribution in [0.1, 0.15) is 40.0 Å². The maximum Gasteiger partial charge on any atom is 0.0589 e. The maximum absolute atomic E-state index is 2.56. The lowest BCUT2D eigenvalue weighted by Crippen LogP contribution is -3.00. The first-order valence-corrected chi connectivity index (χ1v) is 7.81. The fourth-order valence-corrected chi connectivity index (χ4v) is 5.86. The van der Waals surface area contributed by atoms with Crippen LogP contribution in [0, 0.1) is 0 Å². The Bertz CT molecular complexity index is 76.8. The predicted octanol–water partition coefficient (Wildman–Crippen LogP) is 0.868. The third-order valence-electron chi connectivity index (χ3n) is 2.29. The van der Waals surface area contributed by atoms with Gasteiger partial charge in [-0.1, -0.05) is 20.8 Å². The van der Waals surface area contributed by atoms with E-state index >= 15 is 0 Å². The van der Waals surface area contributed by atoms with E-state index < -0.39 is 7.26 Å². The van der Waals surface area contributed by atoms with Crippen molar-refractivity contribution >= 4 is 7.26 Å². The zero-order valence-electron chi connectivity index (χ0n) is 9.07. The van der Waals surface area contributed by atoms with E-state index in [9.17, 15) is 0 Å². The summed E-state index contributed by atoms with van der Waals surface area (Å²) in [5, 5.41) is 0. The molecule has 0 saturated carbocycles. The van der Waals surface area contributed by atoms with E-state index in [0.29, 0.717) is 0 Å². The molecule has 0 unspecified atom stereocenters. The summed E-state index contributed by atoms with van der Waals surface area (Å²) in [5.41, 5.74) is 0. The van der Waals surface area contributed by atoms with Gasteiger partial charge in [0.15, 0.2) is 0 Å². The molecule has 0 heterocycles. The van der Waals surface area contributed by atoms with Crippen LogP contribution < -0.4 is 17.0 Å². The minimum Gasteiger partial charge on any atom is -1.00 e. The number of rotatable bonds is 6. The molecule has 0 rings (SSSR count). The highest BCUT2D eigenvalue weighted by Crippen LogP contribution is 2.56. The predicted molar refractivity (Wildman–Crippen MR) is 58.3 cm³/mol. The molecule has 0 aromatic heterocycles. The first-order chi connectivity index (χ1) is 5.18. The van der Waals surface area contributed by atoms with Gasteiger partial charge in [0, 0.05) is 13.9 Å². The number of hydrogen-bond donors (Lipinski definition) is 0. The Hall–Kier alpha value is 0.910. The third kappa shape index (κ3) is 6.43. The van der Waals surface area contributed by atoms with Crippen LogP contribution in [0.5, 0.6) is 0 Å². The van der Waals surface area contributed by atoms with Crippen molar-refractivity contribution in [2.45, 2.75) is 40.0 Å². The van der Waals surface area contributed by atoms with Crippen LogP contribution in [-0.2, 0) is 0 Å². The van der Waals surface area contributed by atoms with Gasteiger partial charge in [-0.15, -0.1) is 0 Å². The molecule has 0 nitrogen and oxygen atoms in total. The molecule has 0 bridgehead atoms. The Morgan fingerprint density at radius 1 is 0.750 bits per heavy atom. The van der Waals surface area contributed by atoms with Crippen LogP contribution in [0.2, 0.25) is 0 Å². The smallest absolute Gasteiger partial charge is 0.0589 e. The summed E-state index contributed by atoms with van der Waals surface area (Å²) < 4.78 is 0. The summed E-state index contributed by atoms with van der Waals surface area (Å²) in [6.45, 7) is 9.53. The van der Waals surface area contributed by atoms with Gasteiger partial charge < -0.3 is 17.0 Å². The first kappa shape index (κ1) is 15.4. The molecule has 0 spiro atoms. The monoisotopic (exact) mass is 254 g/mol. The molecule has 0 saturated heterocycles. The number of hydrogen-bond acceptors (Lipinski definition) is 0. The van der Waals surface area contributed by atoms with E-state index in [2.05, 4.69) is 27.4 Å². The molecule has 0 fully saturated rings. The van der Waals surface area contributed by atoms with Crippen LogP contribution in [0.15, 0.2) is 0 Å². The Morgan fingerprint density at radius 2 is 1.00 bits per heavy atom. The third-order valence-corrected chi connectivity index (χ3v) is 6.87. The quantitative estimate of drug-likeness (QED) is 0.618. The molecular weight excluding hydrogens is 231 g/mol. The molecule has 12 heavy (non-hydrogen) atoms. The molecule has 0 amide bonds. The second-order valence-corrected chi connectivity index (χ2v) is 8.37. The lowest BCUT2D eigenvalue weighted by Gasteiger charge is -2.21. The fraction of sp³-hybridized carbons (Fsp3) is 1.00. The van der Waals surface area contributed by atoms with E-state index in [1.165, 1.54) is 37.7 Å². The van der Waals surface area contributed by atoms with Crippen LogP contribution in [0.3, 0.4) is 0 Å². The highest BCUT2D eigenvalue weighted by molar-refractivity contribution is 7.75. The highest BCUT2D eigenvalue weighted by atomic mass is 79.9. The van der Waals surface area contributed by atoms with Gasteiger partial charge in [0.2, 0.25) is 0 Å². The summed E-state index contributed by atoms with van der Waals surface area (Å²) in [5.74, 6) is 0. The Morgan fingerprint density at radius 3 is 1.17 bits per heavy atom. The standard InChI is InChI=1S/C10H24P.BrH/c1-5-8-11(4,9-6-2)10-7-3;/h5-10H2,1-4H3;1H/q+1;/p-1. The largest absolute Gasteiger partial charge is 1.00 e. The zero-order chi connectivity index (χ0) is 8.74. The van der Waals surface area contributed by atoms with E-state index in [4.69, 9.17) is 0 Å². The number of halogens is 1. The van der Waals surface area contributed by atoms with Gasteiger partial charge >= 0.3 is 0 Å². The van der Waals surface area contributed by atoms with Gasteiger partial charge in [0.1, 0.15) is 0 Å². The van der Waals surface area contributed by atoms with Crippen molar-refractivity contribution in [1.82, 2.24) is 0 Å². The molecule has 0 aliphatic rings. The molecule has 0 atom stereocenters. The van der Waals surface area contributed by atoms with Gasteiger partial charge in [-0.3, -0.25) is 0 Å². The normalized spacial score (nSPS) is 11.0. The van der Waals surface area contributed by atoms with Gasteiger partial charge in [0.25, 0.3) is 0 Å². The Balaban J connectivity index is 0. The van der Waals surface area contributed by atoms with Crippen LogP contribution >= 0.6 is 7.26 Å². The molecule has 0 aromatic carbocycles. The van der Waals surface area contributed by atoms with Gasteiger partial charge in [-0.05, 0) is 19.3 Å². The van der Waals surface area contributed by atoms with Crippen molar-refractivity contribution < 1.29 is 17.0 Å². The van der Waals surface area contributed by atoms with Crippen LogP contribution in [0.25, 0.3) is 0 Å². The van der Waals surface area contributed by atoms with E-state index in [0.717, 1.165) is 0 Å². The van der Waals surface area contributed by atoms with Crippen molar-refractivity contribution in [1.29, 1.82) is 0 Å². The highest BCUT2D eigenvalue weighted by Gasteiger charge is 2.27. The second kappa shape index (κ2) is 8.51. The molecular formula is C10H24BrP. The lowest BCUT2D eigenvalue weighted by atomic mass is 10.6. The average Bonchev–Trinajstić information content (AvgIpc) is 1.88. The molecule has 0 aliphatic carbocycles. The van der Waals surface area contributed by atoms with E-state index in [-0.39, 0.29) is 17.0 Å². The second-order valence-electron chi connectivity index (χ2n) is 3.79. The zero-order valence-corrected chi connectivity index (χ0v) is 11.5. The molecule has 0 radical (unpaired) electrons. The summed E-state index contributed by atoms with van der Waals surface area (Å²) >= 11 is 0. The Labute approximate surface area is 89.6 Å². The summed E-state index contributed by atoms with van der Waals surface area (Å²) in [4.78, 5) is 0. The minimum atomic E-state index is -0.469. The first-order valence-electron chi connectivity index (χ1n) is 5.02. The van der Waals surface area contributed by atoms with Crippen molar-refractivity contribution in [2.24, 2.45) is 0 Å². The van der Waals surface area contributed by atoms with Crippen molar-refractivity contribution in [3.05, 3.63) is 0 Å². The lowest BCUT2D eigenvalue weighted by molar-refractivity contribution is -0.00000276. The van der Waals surface area contributed by atoms with Gasteiger partial charge in [0.05, 0.1) is 18.5 Å². The minimum absolute atomic E-state index is 0. The summed E-state index contributed by atoms with van der Waals surface area (Å²) in [6, 6.07) is 0. The van der Waals surface area contributed by atoms with E-state index in [1.54, 1.807) is 0 Å². The Kier molecular flexibility index (Phi) is 10.9. The van der Waals surface area contributed by atoms with E-state index in [1.807, 2.05) is 0 Å². The van der Waals surface area contributed by atoms with Crippen molar-refractivity contribution in [3.63, 3.8) is 0 Å². The molecule has 76 valence electrons. The summed E-state index contributed by atoms with van der Waals surface area (Å²) in [6.07, 6.45) is 8.75. The van der Waals surface area contributed by atoms with Crippen molar-refractivity contribution in [2.75, 3.05) is 25.2 Å². The van der Waals surface area contributed by atoms with Crippen LogP contribution in [0.4, 0.5) is 0 Å². The molecule has 0 aliphatic heterocycles. The van der Waals surface area contributed by atoms with Gasteiger partial charge in [-0.2, -0.15) is 0 Å². The van der Waals surface area contributed by atoms with Gasteiger partial charge in [-0.25, -0.2) is 0 Å². The molecule has 0 aromatic rings. The van der Waals surface area contributed by atoms with Crippen LogP contribution in [-0.4, -0.2) is 25.2 Å². The summed E-state index contributed by atoms with van der Waals surface area (Å²) in [7, 11) is -0.469. The fourth-order valence-electron chi connectivity index (χ4n) is 1.95.